The van der Waals surface area contributed by atoms with Crippen molar-refractivity contribution < 1.29 is 0 Å². The molecule has 1 fully saturated rings. The van der Waals surface area contributed by atoms with Gasteiger partial charge in [0.1, 0.15) is 0 Å². The van der Waals surface area contributed by atoms with Crippen LogP contribution in [0.3, 0.4) is 0 Å². The first-order valence-electron chi connectivity index (χ1n) is 5.77. The van der Waals surface area contributed by atoms with Gasteiger partial charge in [0.15, 0.2) is 0 Å². The molecule has 0 radical (unpaired) electrons. The summed E-state index contributed by atoms with van der Waals surface area (Å²) in [6.45, 7) is 3.34. The molecule has 3 heterocycles. The molecular weight excluding hydrogens is 264 g/mol. The summed E-state index contributed by atoms with van der Waals surface area (Å²) in [4.78, 5) is 0. The molecule has 0 amide bonds. The SMILES string of the molecule is Cc1c(Br)c2ccccn2c1C1CCCN1. The third-order valence-electron chi connectivity index (χ3n) is 3.45. The van der Waals surface area contributed by atoms with Crippen molar-refractivity contribution in [1.29, 1.82) is 0 Å². The first kappa shape index (κ1) is 10.4. The molecule has 3 rings (SSSR count). The molecule has 16 heavy (non-hydrogen) atoms. The van der Waals surface area contributed by atoms with E-state index in [1.807, 2.05) is 0 Å². The zero-order valence-electron chi connectivity index (χ0n) is 9.33. The van der Waals surface area contributed by atoms with Crippen LogP contribution in [0.5, 0.6) is 0 Å². The van der Waals surface area contributed by atoms with Crippen LogP contribution in [0.4, 0.5) is 0 Å². The molecule has 1 unspecified atom stereocenters. The minimum absolute atomic E-state index is 0.515. The van der Waals surface area contributed by atoms with Crippen molar-refractivity contribution in [2.75, 3.05) is 6.54 Å². The van der Waals surface area contributed by atoms with Gasteiger partial charge < -0.3 is 9.72 Å². The van der Waals surface area contributed by atoms with E-state index in [-0.39, 0.29) is 0 Å². The van der Waals surface area contributed by atoms with Crippen LogP contribution in [0.2, 0.25) is 0 Å². The smallest absolute Gasteiger partial charge is 0.0598 e. The molecular formula is C13H15BrN2. The second kappa shape index (κ2) is 3.90. The molecule has 0 aromatic carbocycles. The summed E-state index contributed by atoms with van der Waals surface area (Å²) in [5.74, 6) is 0. The lowest BCUT2D eigenvalue weighted by atomic mass is 10.1. The standard InChI is InChI=1S/C13H15BrN2/c1-9-12(14)11-6-2-3-8-16(11)13(9)10-5-4-7-15-10/h2-3,6,8,10,15H,4-5,7H2,1H3. The van der Waals surface area contributed by atoms with Crippen LogP contribution in [0.15, 0.2) is 28.9 Å². The Morgan fingerprint density at radius 2 is 2.31 bits per heavy atom. The van der Waals surface area contributed by atoms with Gasteiger partial charge in [-0.25, -0.2) is 0 Å². The zero-order valence-corrected chi connectivity index (χ0v) is 10.9. The van der Waals surface area contributed by atoms with Gasteiger partial charge >= 0.3 is 0 Å². The van der Waals surface area contributed by atoms with Crippen LogP contribution in [-0.2, 0) is 0 Å². The number of pyridine rings is 1. The van der Waals surface area contributed by atoms with E-state index in [2.05, 4.69) is 57.0 Å². The second-order valence-electron chi connectivity index (χ2n) is 4.43. The first-order chi connectivity index (χ1) is 7.79. The van der Waals surface area contributed by atoms with Gasteiger partial charge in [0.05, 0.1) is 5.52 Å². The monoisotopic (exact) mass is 278 g/mol. The largest absolute Gasteiger partial charge is 0.318 e. The molecule has 2 nitrogen and oxygen atoms in total. The van der Waals surface area contributed by atoms with Gasteiger partial charge in [-0.3, -0.25) is 0 Å². The summed E-state index contributed by atoms with van der Waals surface area (Å²) in [6, 6.07) is 6.86. The summed E-state index contributed by atoms with van der Waals surface area (Å²) in [5, 5.41) is 3.58. The Hall–Kier alpha value is -0.800. The highest BCUT2D eigenvalue weighted by molar-refractivity contribution is 9.10. The number of hydrogen-bond donors (Lipinski definition) is 1. The number of fused-ring (bicyclic) bond motifs is 1. The minimum Gasteiger partial charge on any atom is -0.318 e. The Morgan fingerprint density at radius 1 is 1.44 bits per heavy atom. The number of nitrogens with zero attached hydrogens (tertiary/aromatic N) is 1. The quantitative estimate of drug-likeness (QED) is 0.846. The van der Waals surface area contributed by atoms with E-state index in [1.165, 1.54) is 34.1 Å². The second-order valence-corrected chi connectivity index (χ2v) is 5.22. The number of hydrogen-bond acceptors (Lipinski definition) is 1. The topological polar surface area (TPSA) is 16.4 Å². The molecule has 1 N–H and O–H groups in total. The number of halogens is 1. The van der Waals surface area contributed by atoms with E-state index < -0.39 is 0 Å². The van der Waals surface area contributed by atoms with E-state index in [9.17, 15) is 0 Å². The molecule has 84 valence electrons. The Kier molecular flexibility index (Phi) is 2.52. The van der Waals surface area contributed by atoms with Gasteiger partial charge in [-0.1, -0.05) is 6.07 Å². The lowest BCUT2D eigenvalue weighted by Crippen LogP contribution is -2.15. The third kappa shape index (κ3) is 1.42. The van der Waals surface area contributed by atoms with Gasteiger partial charge in [-0.2, -0.15) is 0 Å². The van der Waals surface area contributed by atoms with Crippen molar-refractivity contribution in [3.8, 4) is 0 Å². The third-order valence-corrected chi connectivity index (χ3v) is 4.45. The molecule has 2 aromatic rings. The van der Waals surface area contributed by atoms with Crippen molar-refractivity contribution >= 4 is 21.4 Å². The van der Waals surface area contributed by atoms with Gasteiger partial charge in [-0.05, 0) is 59.9 Å². The molecule has 0 saturated carbocycles. The van der Waals surface area contributed by atoms with Crippen LogP contribution in [0, 0.1) is 6.92 Å². The zero-order chi connectivity index (χ0) is 11.1. The Balaban J connectivity index is 2.26. The van der Waals surface area contributed by atoms with Gasteiger partial charge in [0.25, 0.3) is 0 Å². The molecule has 1 atom stereocenters. The highest BCUT2D eigenvalue weighted by Crippen LogP contribution is 2.34. The van der Waals surface area contributed by atoms with Crippen molar-refractivity contribution in [2.45, 2.75) is 25.8 Å². The predicted molar refractivity (Wildman–Crippen MR) is 69.8 cm³/mol. The normalized spacial score (nSPS) is 20.8. The lowest BCUT2D eigenvalue weighted by molar-refractivity contribution is 0.619. The fraction of sp³-hybridized carbons (Fsp3) is 0.385. The molecule has 3 heteroatoms. The van der Waals surface area contributed by atoms with Crippen LogP contribution >= 0.6 is 15.9 Å². The maximum atomic E-state index is 3.70. The predicted octanol–water partition coefficient (Wildman–Crippen LogP) is 3.43. The molecule has 0 bridgehead atoms. The average molecular weight is 279 g/mol. The Morgan fingerprint density at radius 3 is 3.06 bits per heavy atom. The van der Waals surface area contributed by atoms with Gasteiger partial charge in [0, 0.05) is 22.4 Å². The number of rotatable bonds is 1. The minimum atomic E-state index is 0.515. The van der Waals surface area contributed by atoms with E-state index >= 15 is 0 Å². The maximum Gasteiger partial charge on any atom is 0.0598 e. The van der Waals surface area contributed by atoms with Crippen molar-refractivity contribution in [2.24, 2.45) is 0 Å². The average Bonchev–Trinajstić information content (AvgIpc) is 2.89. The highest BCUT2D eigenvalue weighted by atomic mass is 79.9. The van der Waals surface area contributed by atoms with Crippen LogP contribution in [-0.4, -0.2) is 10.9 Å². The van der Waals surface area contributed by atoms with Gasteiger partial charge in [0.2, 0.25) is 0 Å². The number of aromatic nitrogens is 1. The summed E-state index contributed by atoms with van der Waals surface area (Å²) in [7, 11) is 0. The van der Waals surface area contributed by atoms with Crippen LogP contribution < -0.4 is 5.32 Å². The lowest BCUT2D eigenvalue weighted by Gasteiger charge is -2.12. The maximum absolute atomic E-state index is 3.70. The van der Waals surface area contributed by atoms with Crippen molar-refractivity contribution in [3.05, 3.63) is 40.1 Å². The van der Waals surface area contributed by atoms with E-state index in [0.717, 1.165) is 6.54 Å². The molecule has 0 aliphatic carbocycles. The first-order valence-corrected chi connectivity index (χ1v) is 6.57. The molecule has 2 aromatic heterocycles. The van der Waals surface area contributed by atoms with Crippen molar-refractivity contribution in [1.82, 2.24) is 9.72 Å². The fourth-order valence-corrected chi connectivity index (χ4v) is 3.19. The van der Waals surface area contributed by atoms with Crippen LogP contribution in [0.1, 0.15) is 30.1 Å². The molecule has 1 aliphatic heterocycles. The summed E-state index contributed by atoms with van der Waals surface area (Å²) >= 11 is 3.70. The van der Waals surface area contributed by atoms with Gasteiger partial charge in [-0.15, -0.1) is 0 Å². The fourth-order valence-electron chi connectivity index (χ4n) is 2.66. The van der Waals surface area contributed by atoms with Crippen LogP contribution in [0.25, 0.3) is 5.52 Å². The highest BCUT2D eigenvalue weighted by Gasteiger charge is 2.23. The summed E-state index contributed by atoms with van der Waals surface area (Å²) in [5.41, 5.74) is 4.05. The van der Waals surface area contributed by atoms with E-state index in [4.69, 9.17) is 0 Å². The molecule has 1 saturated heterocycles. The Bertz CT molecular complexity index is 524. The number of nitrogens with one attached hydrogen (secondary N) is 1. The molecule has 1 aliphatic rings. The molecule has 0 spiro atoms. The summed E-state index contributed by atoms with van der Waals surface area (Å²) < 4.78 is 3.54. The van der Waals surface area contributed by atoms with E-state index in [0.29, 0.717) is 6.04 Å². The van der Waals surface area contributed by atoms with Crippen molar-refractivity contribution in [3.63, 3.8) is 0 Å². The van der Waals surface area contributed by atoms with E-state index in [1.54, 1.807) is 0 Å². The summed E-state index contributed by atoms with van der Waals surface area (Å²) in [6.07, 6.45) is 4.68. The Labute approximate surface area is 104 Å².